The first-order valence-electron chi connectivity index (χ1n) is 6.30. The number of ether oxygens (including phenoxy) is 1. The van der Waals surface area contributed by atoms with Crippen LogP contribution in [0.25, 0.3) is 0 Å². The third-order valence-corrected chi connectivity index (χ3v) is 4.24. The summed E-state index contributed by atoms with van der Waals surface area (Å²) in [6.45, 7) is 0.197. The Morgan fingerprint density at radius 3 is 2.32 bits per heavy atom. The summed E-state index contributed by atoms with van der Waals surface area (Å²) in [5, 5.41) is 9.50. The maximum atomic E-state index is 9.22. The Labute approximate surface area is 118 Å². The molecule has 2 aromatic rings. The summed E-state index contributed by atoms with van der Waals surface area (Å²) in [7, 11) is 1.67. The Morgan fingerprint density at radius 1 is 1.05 bits per heavy atom. The Morgan fingerprint density at radius 2 is 1.74 bits per heavy atom. The lowest BCUT2D eigenvalue weighted by molar-refractivity contribution is 0.287. The molecule has 0 saturated heterocycles. The molecular weight excluding hydrogens is 256 g/mol. The molecule has 0 fully saturated rings. The number of aliphatic hydroxyl groups excluding tert-OH is 1. The minimum atomic E-state index is 0.197. The number of aliphatic hydroxyl groups is 1. The maximum Gasteiger partial charge on any atom is 0.118 e. The van der Waals surface area contributed by atoms with E-state index in [1.165, 1.54) is 10.5 Å². The van der Waals surface area contributed by atoms with Gasteiger partial charge >= 0.3 is 0 Å². The van der Waals surface area contributed by atoms with Gasteiger partial charge in [0.15, 0.2) is 0 Å². The van der Waals surface area contributed by atoms with Gasteiger partial charge < -0.3 is 9.84 Å². The molecule has 2 nitrogen and oxygen atoms in total. The van der Waals surface area contributed by atoms with Gasteiger partial charge in [0, 0.05) is 16.8 Å². The Kier molecular flexibility index (Phi) is 5.31. The molecule has 1 N–H and O–H groups in total. The predicted molar refractivity (Wildman–Crippen MR) is 79.7 cm³/mol. The Bertz CT molecular complexity index is 482. The zero-order valence-electron chi connectivity index (χ0n) is 11.0. The molecule has 1 atom stereocenters. The van der Waals surface area contributed by atoms with Crippen LogP contribution in [0.3, 0.4) is 0 Å². The smallest absolute Gasteiger partial charge is 0.118 e. The molecule has 0 saturated carbocycles. The number of rotatable bonds is 6. The minimum Gasteiger partial charge on any atom is -0.497 e. The highest BCUT2D eigenvalue weighted by Gasteiger charge is 2.12. The van der Waals surface area contributed by atoms with Gasteiger partial charge in [0.1, 0.15) is 5.75 Å². The molecule has 2 rings (SSSR count). The van der Waals surface area contributed by atoms with Crippen molar-refractivity contribution in [1.82, 2.24) is 0 Å². The first-order valence-corrected chi connectivity index (χ1v) is 7.18. The van der Waals surface area contributed by atoms with Crippen molar-refractivity contribution in [3.8, 4) is 5.75 Å². The highest BCUT2D eigenvalue weighted by atomic mass is 32.2. The number of methoxy groups -OCH3 is 1. The van der Waals surface area contributed by atoms with Crippen LogP contribution in [0.15, 0.2) is 59.5 Å². The molecule has 0 aliphatic rings. The largest absolute Gasteiger partial charge is 0.497 e. The summed E-state index contributed by atoms with van der Waals surface area (Å²) in [5.41, 5.74) is 1.25. The fourth-order valence-corrected chi connectivity index (χ4v) is 3.04. The highest BCUT2D eigenvalue weighted by molar-refractivity contribution is 7.99. The zero-order chi connectivity index (χ0) is 13.5. The first kappa shape index (κ1) is 14.0. The second-order valence-electron chi connectivity index (χ2n) is 4.20. The zero-order valence-corrected chi connectivity index (χ0v) is 11.8. The maximum absolute atomic E-state index is 9.22. The van der Waals surface area contributed by atoms with Crippen LogP contribution in [0.1, 0.15) is 17.2 Å². The molecule has 3 heteroatoms. The monoisotopic (exact) mass is 274 g/mol. The van der Waals surface area contributed by atoms with Crippen molar-refractivity contribution in [1.29, 1.82) is 0 Å². The molecular formula is C16H18O2S. The second-order valence-corrected chi connectivity index (χ2v) is 5.48. The molecule has 0 amide bonds. The topological polar surface area (TPSA) is 29.5 Å². The summed E-state index contributed by atoms with van der Waals surface area (Å²) >= 11 is 1.77. The molecule has 0 aliphatic heterocycles. The van der Waals surface area contributed by atoms with Gasteiger partial charge in [0.2, 0.25) is 0 Å². The van der Waals surface area contributed by atoms with Crippen molar-refractivity contribution in [2.45, 2.75) is 16.6 Å². The van der Waals surface area contributed by atoms with E-state index in [0.29, 0.717) is 0 Å². The van der Waals surface area contributed by atoms with E-state index in [1.807, 2.05) is 30.3 Å². The third-order valence-electron chi connectivity index (χ3n) is 2.90. The van der Waals surface area contributed by atoms with Crippen LogP contribution < -0.4 is 4.74 Å². The van der Waals surface area contributed by atoms with Crippen LogP contribution >= 0.6 is 11.8 Å². The predicted octanol–water partition coefficient (Wildman–Crippen LogP) is 3.91. The summed E-state index contributed by atoms with van der Waals surface area (Å²) in [6.07, 6.45) is 0.751. The van der Waals surface area contributed by atoms with Crippen LogP contribution in [0.4, 0.5) is 0 Å². The molecule has 0 heterocycles. The van der Waals surface area contributed by atoms with Crippen molar-refractivity contribution in [2.75, 3.05) is 13.7 Å². The fourth-order valence-electron chi connectivity index (χ4n) is 1.90. The number of hydrogen-bond acceptors (Lipinski definition) is 3. The van der Waals surface area contributed by atoms with Crippen molar-refractivity contribution in [2.24, 2.45) is 0 Å². The van der Waals surface area contributed by atoms with E-state index >= 15 is 0 Å². The normalized spacial score (nSPS) is 12.1. The van der Waals surface area contributed by atoms with Crippen molar-refractivity contribution < 1.29 is 9.84 Å². The molecule has 2 aromatic carbocycles. The standard InChI is InChI=1S/C16H18O2S/c1-18-14-7-9-15(10-8-14)19-16(11-12-17)13-5-3-2-4-6-13/h2-10,16-17H,11-12H2,1H3. The lowest BCUT2D eigenvalue weighted by Gasteiger charge is -2.16. The summed E-state index contributed by atoms with van der Waals surface area (Å²) < 4.78 is 5.16. The van der Waals surface area contributed by atoms with Gasteiger partial charge in [-0.15, -0.1) is 11.8 Å². The number of benzene rings is 2. The molecule has 0 bridgehead atoms. The van der Waals surface area contributed by atoms with Crippen LogP contribution in [-0.2, 0) is 0 Å². The van der Waals surface area contributed by atoms with E-state index in [9.17, 15) is 5.11 Å². The van der Waals surface area contributed by atoms with E-state index in [4.69, 9.17) is 4.74 Å². The fraction of sp³-hybridized carbons (Fsp3) is 0.250. The van der Waals surface area contributed by atoms with Gasteiger partial charge in [0.05, 0.1) is 7.11 Å². The number of thioether (sulfide) groups is 1. The lowest BCUT2D eigenvalue weighted by Crippen LogP contribution is -1.97. The van der Waals surface area contributed by atoms with Crippen molar-refractivity contribution >= 4 is 11.8 Å². The van der Waals surface area contributed by atoms with Gasteiger partial charge in [0.25, 0.3) is 0 Å². The SMILES string of the molecule is COc1ccc(SC(CCO)c2ccccc2)cc1. The molecule has 0 spiro atoms. The molecule has 100 valence electrons. The molecule has 0 radical (unpaired) electrons. The van der Waals surface area contributed by atoms with E-state index in [2.05, 4.69) is 24.3 Å². The summed E-state index contributed by atoms with van der Waals surface area (Å²) in [5.74, 6) is 0.864. The summed E-state index contributed by atoms with van der Waals surface area (Å²) in [4.78, 5) is 1.18. The van der Waals surface area contributed by atoms with Crippen LogP contribution in [0.2, 0.25) is 0 Å². The third kappa shape index (κ3) is 4.01. The van der Waals surface area contributed by atoms with Gasteiger partial charge in [-0.2, -0.15) is 0 Å². The molecule has 0 aliphatic carbocycles. The Balaban J connectivity index is 2.11. The van der Waals surface area contributed by atoms with Gasteiger partial charge in [-0.3, -0.25) is 0 Å². The first-order chi connectivity index (χ1) is 9.33. The van der Waals surface area contributed by atoms with E-state index < -0.39 is 0 Å². The molecule has 0 aromatic heterocycles. The Hall–Kier alpha value is -1.45. The highest BCUT2D eigenvalue weighted by Crippen LogP contribution is 2.37. The van der Waals surface area contributed by atoms with Crippen LogP contribution in [0.5, 0.6) is 5.75 Å². The summed E-state index contributed by atoms with van der Waals surface area (Å²) in [6, 6.07) is 18.3. The van der Waals surface area contributed by atoms with Crippen molar-refractivity contribution in [3.63, 3.8) is 0 Å². The van der Waals surface area contributed by atoms with E-state index in [1.54, 1.807) is 18.9 Å². The van der Waals surface area contributed by atoms with Gasteiger partial charge in [-0.1, -0.05) is 30.3 Å². The average molecular weight is 274 g/mol. The van der Waals surface area contributed by atoms with E-state index in [0.717, 1.165) is 12.2 Å². The minimum absolute atomic E-state index is 0.197. The van der Waals surface area contributed by atoms with Crippen LogP contribution in [0, 0.1) is 0 Å². The second kappa shape index (κ2) is 7.22. The van der Waals surface area contributed by atoms with E-state index in [-0.39, 0.29) is 11.9 Å². The van der Waals surface area contributed by atoms with Crippen LogP contribution in [-0.4, -0.2) is 18.8 Å². The lowest BCUT2D eigenvalue weighted by atomic mass is 10.1. The van der Waals surface area contributed by atoms with Crippen molar-refractivity contribution in [3.05, 3.63) is 60.2 Å². The quantitative estimate of drug-likeness (QED) is 0.810. The van der Waals surface area contributed by atoms with Gasteiger partial charge in [-0.05, 0) is 36.2 Å². The van der Waals surface area contributed by atoms with Gasteiger partial charge in [-0.25, -0.2) is 0 Å². The molecule has 19 heavy (non-hydrogen) atoms. The number of hydrogen-bond donors (Lipinski definition) is 1. The average Bonchev–Trinajstić information content (AvgIpc) is 2.48. The molecule has 1 unspecified atom stereocenters.